The number of rotatable bonds is 6. The van der Waals surface area contributed by atoms with E-state index in [1.165, 1.54) is 17.7 Å². The molecule has 6 nitrogen and oxygen atoms in total. The molecule has 0 aliphatic rings. The minimum absolute atomic E-state index is 0.0312. The lowest BCUT2D eigenvalue weighted by Crippen LogP contribution is -2.10. The van der Waals surface area contributed by atoms with E-state index in [0.29, 0.717) is 22.9 Å². The Bertz CT molecular complexity index is 960. The maximum atomic E-state index is 12.4. The maximum Gasteiger partial charge on any atom is 0.291 e. The summed E-state index contributed by atoms with van der Waals surface area (Å²) in [5.74, 6) is 0.638. The number of benzene rings is 2. The number of carbonyl (C=O) groups excluding carboxylic acids is 1. The van der Waals surface area contributed by atoms with Crippen molar-refractivity contribution >= 4 is 17.3 Å². The van der Waals surface area contributed by atoms with Crippen LogP contribution in [0.5, 0.6) is 0 Å². The van der Waals surface area contributed by atoms with Crippen LogP contribution in [0.25, 0.3) is 11.3 Å². The zero-order chi connectivity index (χ0) is 19.4. The summed E-state index contributed by atoms with van der Waals surface area (Å²) in [7, 11) is 0. The Labute approximate surface area is 157 Å². The molecule has 1 N–H and O–H groups in total. The van der Waals surface area contributed by atoms with Crippen LogP contribution in [0.4, 0.5) is 11.4 Å². The number of nitrogens with zero attached hydrogens (tertiary/aromatic N) is 1. The molecule has 0 aliphatic heterocycles. The summed E-state index contributed by atoms with van der Waals surface area (Å²) in [6.07, 6.45) is 1.05. The van der Waals surface area contributed by atoms with E-state index in [9.17, 15) is 14.9 Å². The van der Waals surface area contributed by atoms with Gasteiger partial charge in [-0.25, -0.2) is 0 Å². The van der Waals surface area contributed by atoms with Crippen LogP contribution in [0.15, 0.2) is 65.1 Å². The minimum atomic E-state index is -0.469. The molecule has 0 saturated carbocycles. The molecular formula is C21H20N2O4. The Morgan fingerprint density at radius 2 is 1.89 bits per heavy atom. The second-order valence-electron chi connectivity index (χ2n) is 6.36. The summed E-state index contributed by atoms with van der Waals surface area (Å²) in [5, 5.41) is 13.7. The van der Waals surface area contributed by atoms with E-state index >= 15 is 0 Å². The summed E-state index contributed by atoms with van der Waals surface area (Å²) in [5.41, 5.74) is 2.42. The van der Waals surface area contributed by atoms with Crippen molar-refractivity contribution in [2.24, 2.45) is 0 Å². The number of nitro groups is 1. The van der Waals surface area contributed by atoms with Gasteiger partial charge in [0, 0.05) is 23.4 Å². The van der Waals surface area contributed by atoms with E-state index in [4.69, 9.17) is 4.42 Å². The molecule has 0 unspecified atom stereocenters. The molecule has 0 radical (unpaired) electrons. The van der Waals surface area contributed by atoms with Gasteiger partial charge >= 0.3 is 0 Å². The first-order valence-corrected chi connectivity index (χ1v) is 8.74. The standard InChI is InChI=1S/C21H20N2O4/c1-3-14(2)15-7-9-17(10-8-15)22-21(24)20-12-11-19(27-20)16-5-4-6-18(13-16)23(25)26/h4-14H,3H2,1-2H3,(H,22,24)/t14-/m0/s1. The lowest BCUT2D eigenvalue weighted by molar-refractivity contribution is -0.384. The van der Waals surface area contributed by atoms with Crippen LogP contribution in [0, 0.1) is 10.1 Å². The fourth-order valence-corrected chi connectivity index (χ4v) is 2.71. The molecule has 1 amide bonds. The molecular weight excluding hydrogens is 344 g/mol. The first-order chi connectivity index (χ1) is 13.0. The highest BCUT2D eigenvalue weighted by Gasteiger charge is 2.14. The molecule has 0 saturated heterocycles. The van der Waals surface area contributed by atoms with Crippen molar-refractivity contribution < 1.29 is 14.1 Å². The SMILES string of the molecule is CC[C@H](C)c1ccc(NC(=O)c2ccc(-c3cccc([N+](=O)[O-])c3)o2)cc1. The average Bonchev–Trinajstić information content (AvgIpc) is 3.18. The number of furan rings is 1. The highest BCUT2D eigenvalue weighted by molar-refractivity contribution is 6.02. The van der Waals surface area contributed by atoms with Crippen molar-refractivity contribution in [3.05, 3.63) is 82.1 Å². The van der Waals surface area contributed by atoms with Gasteiger partial charge in [0.15, 0.2) is 5.76 Å². The van der Waals surface area contributed by atoms with Gasteiger partial charge in [-0.3, -0.25) is 14.9 Å². The minimum Gasteiger partial charge on any atom is -0.451 e. The van der Waals surface area contributed by atoms with Gasteiger partial charge in [0.2, 0.25) is 0 Å². The Kier molecular flexibility index (Phi) is 5.35. The van der Waals surface area contributed by atoms with Crippen LogP contribution in [-0.4, -0.2) is 10.8 Å². The summed E-state index contributed by atoms with van der Waals surface area (Å²) in [6, 6.07) is 17.0. The second-order valence-corrected chi connectivity index (χ2v) is 6.36. The number of hydrogen-bond acceptors (Lipinski definition) is 4. The van der Waals surface area contributed by atoms with Crippen LogP contribution < -0.4 is 5.32 Å². The third-order valence-electron chi connectivity index (χ3n) is 4.52. The zero-order valence-electron chi connectivity index (χ0n) is 15.1. The molecule has 1 aromatic heterocycles. The summed E-state index contributed by atoms with van der Waals surface area (Å²) >= 11 is 0. The first kappa shape index (κ1) is 18.4. The number of nitrogens with one attached hydrogen (secondary N) is 1. The normalized spacial score (nSPS) is 11.8. The number of hydrogen-bond donors (Lipinski definition) is 1. The topological polar surface area (TPSA) is 85.4 Å². The number of anilines is 1. The van der Waals surface area contributed by atoms with E-state index < -0.39 is 4.92 Å². The molecule has 0 bridgehead atoms. The summed E-state index contributed by atoms with van der Waals surface area (Å²) in [4.78, 5) is 22.8. The van der Waals surface area contributed by atoms with Gasteiger partial charge in [-0.1, -0.05) is 38.1 Å². The van der Waals surface area contributed by atoms with E-state index in [1.54, 1.807) is 24.3 Å². The fourth-order valence-electron chi connectivity index (χ4n) is 2.71. The van der Waals surface area contributed by atoms with Crippen molar-refractivity contribution in [2.45, 2.75) is 26.2 Å². The van der Waals surface area contributed by atoms with Gasteiger partial charge in [-0.15, -0.1) is 0 Å². The number of non-ortho nitro benzene ring substituents is 1. The van der Waals surface area contributed by atoms with E-state index in [2.05, 4.69) is 19.2 Å². The lowest BCUT2D eigenvalue weighted by atomic mass is 9.99. The molecule has 6 heteroatoms. The van der Waals surface area contributed by atoms with Gasteiger partial charge in [0.05, 0.1) is 4.92 Å². The fraction of sp³-hybridized carbons (Fsp3) is 0.190. The number of nitro benzene ring substituents is 1. The second kappa shape index (κ2) is 7.86. The van der Waals surface area contributed by atoms with Gasteiger partial charge in [-0.2, -0.15) is 0 Å². The Balaban J connectivity index is 1.73. The molecule has 1 heterocycles. The van der Waals surface area contributed by atoms with Crippen LogP contribution in [-0.2, 0) is 0 Å². The van der Waals surface area contributed by atoms with Gasteiger partial charge < -0.3 is 9.73 Å². The summed E-state index contributed by atoms with van der Waals surface area (Å²) < 4.78 is 5.58. The van der Waals surface area contributed by atoms with Crippen LogP contribution in [0.3, 0.4) is 0 Å². The van der Waals surface area contributed by atoms with Gasteiger partial charge in [-0.05, 0) is 42.2 Å². The number of amides is 1. The maximum absolute atomic E-state index is 12.4. The average molecular weight is 364 g/mol. The molecule has 0 spiro atoms. The van der Waals surface area contributed by atoms with Gasteiger partial charge in [0.1, 0.15) is 5.76 Å². The quantitative estimate of drug-likeness (QED) is 0.454. The van der Waals surface area contributed by atoms with Crippen molar-refractivity contribution in [3.63, 3.8) is 0 Å². The predicted molar refractivity (Wildman–Crippen MR) is 104 cm³/mol. The molecule has 27 heavy (non-hydrogen) atoms. The van der Waals surface area contributed by atoms with Crippen molar-refractivity contribution in [2.75, 3.05) is 5.32 Å². The molecule has 2 aromatic carbocycles. The summed E-state index contributed by atoms with van der Waals surface area (Å²) in [6.45, 7) is 4.29. The van der Waals surface area contributed by atoms with Crippen molar-refractivity contribution in [1.29, 1.82) is 0 Å². The van der Waals surface area contributed by atoms with E-state index in [0.717, 1.165) is 6.42 Å². The van der Waals surface area contributed by atoms with Crippen LogP contribution in [0.1, 0.15) is 42.3 Å². The highest BCUT2D eigenvalue weighted by atomic mass is 16.6. The van der Waals surface area contributed by atoms with Crippen LogP contribution >= 0.6 is 0 Å². The Hall–Kier alpha value is -3.41. The molecule has 1 atom stereocenters. The molecule has 3 rings (SSSR count). The third kappa shape index (κ3) is 4.23. The molecule has 138 valence electrons. The first-order valence-electron chi connectivity index (χ1n) is 8.74. The zero-order valence-corrected chi connectivity index (χ0v) is 15.1. The number of carbonyl (C=O) groups is 1. The monoisotopic (exact) mass is 364 g/mol. The van der Waals surface area contributed by atoms with Crippen LogP contribution in [0.2, 0.25) is 0 Å². The Morgan fingerprint density at radius 3 is 2.56 bits per heavy atom. The van der Waals surface area contributed by atoms with E-state index in [-0.39, 0.29) is 17.4 Å². The Morgan fingerprint density at radius 1 is 1.15 bits per heavy atom. The molecule has 3 aromatic rings. The molecule has 0 fully saturated rings. The van der Waals surface area contributed by atoms with Crippen molar-refractivity contribution in [1.82, 2.24) is 0 Å². The largest absolute Gasteiger partial charge is 0.451 e. The highest BCUT2D eigenvalue weighted by Crippen LogP contribution is 2.26. The van der Waals surface area contributed by atoms with Gasteiger partial charge in [0.25, 0.3) is 11.6 Å². The van der Waals surface area contributed by atoms with Crippen molar-refractivity contribution in [3.8, 4) is 11.3 Å². The molecule has 0 aliphatic carbocycles. The smallest absolute Gasteiger partial charge is 0.291 e. The lowest BCUT2D eigenvalue weighted by Gasteiger charge is -2.10. The van der Waals surface area contributed by atoms with E-state index in [1.807, 2.05) is 24.3 Å². The third-order valence-corrected chi connectivity index (χ3v) is 4.52. The predicted octanol–water partition coefficient (Wildman–Crippen LogP) is 5.62.